The number of carbonyl (C=O) groups excluding carboxylic acids is 3. The lowest BCUT2D eigenvalue weighted by Crippen LogP contribution is -2.35. The number of hydrogen-bond acceptors (Lipinski definition) is 5. The Morgan fingerprint density at radius 1 is 0.732 bits per heavy atom. The Bertz CT molecular complexity index is 1430. The van der Waals surface area contributed by atoms with Gasteiger partial charge in [-0.1, -0.05) is 23.7 Å². The van der Waals surface area contributed by atoms with Crippen molar-refractivity contribution in [2.24, 2.45) is 0 Å². The summed E-state index contributed by atoms with van der Waals surface area (Å²) in [5.41, 5.74) is 2.40. The summed E-state index contributed by atoms with van der Waals surface area (Å²) in [5, 5.41) is 6.74. The van der Waals surface area contributed by atoms with Crippen LogP contribution < -0.4 is 15.5 Å². The van der Waals surface area contributed by atoms with Gasteiger partial charge < -0.3 is 25.3 Å². The van der Waals surface area contributed by atoms with Crippen LogP contribution >= 0.6 is 11.6 Å². The molecule has 8 nitrogen and oxygen atoms in total. The summed E-state index contributed by atoms with van der Waals surface area (Å²) in [5.74, 6) is -1.16. The fourth-order valence-corrected chi connectivity index (χ4v) is 5.46. The van der Waals surface area contributed by atoms with E-state index in [4.69, 9.17) is 11.6 Å². The predicted molar refractivity (Wildman–Crippen MR) is 158 cm³/mol. The van der Waals surface area contributed by atoms with Crippen molar-refractivity contribution < 1.29 is 18.8 Å². The quantitative estimate of drug-likeness (QED) is 0.466. The standard InChI is InChI=1S/C31H33ClFN5O3/c32-25-7-1-6-23(19-25)30(40)38-15-4-14-36(17-18-38)28-10-9-24(31(41)37-13-3-11-34-12-16-37)21-27(28)35-29(39)22-5-2-8-26(33)20-22/h1-2,5-10,19-21,34H,3-4,11-18H2,(H,35,39). The highest BCUT2D eigenvalue weighted by Crippen LogP contribution is 2.30. The molecule has 10 heteroatoms. The average Bonchev–Trinajstić information content (AvgIpc) is 3.40. The highest BCUT2D eigenvalue weighted by atomic mass is 35.5. The van der Waals surface area contributed by atoms with E-state index in [9.17, 15) is 18.8 Å². The zero-order chi connectivity index (χ0) is 28.8. The Labute approximate surface area is 244 Å². The van der Waals surface area contributed by atoms with Crippen LogP contribution in [-0.4, -0.2) is 79.9 Å². The summed E-state index contributed by atoms with van der Waals surface area (Å²) < 4.78 is 13.9. The highest BCUT2D eigenvalue weighted by Gasteiger charge is 2.24. The number of amides is 3. The lowest BCUT2D eigenvalue weighted by molar-refractivity contribution is 0.0759. The summed E-state index contributed by atoms with van der Waals surface area (Å²) in [7, 11) is 0. The Morgan fingerprint density at radius 2 is 1.46 bits per heavy atom. The summed E-state index contributed by atoms with van der Waals surface area (Å²) in [4.78, 5) is 45.4. The number of benzene rings is 3. The molecule has 0 aromatic heterocycles. The van der Waals surface area contributed by atoms with E-state index in [1.165, 1.54) is 18.2 Å². The van der Waals surface area contributed by atoms with Crippen molar-refractivity contribution in [3.63, 3.8) is 0 Å². The van der Waals surface area contributed by atoms with E-state index < -0.39 is 11.7 Å². The Balaban J connectivity index is 1.40. The van der Waals surface area contributed by atoms with Crippen LogP contribution in [0.25, 0.3) is 0 Å². The number of halogens is 2. The molecule has 0 atom stereocenters. The van der Waals surface area contributed by atoms with Gasteiger partial charge in [-0.05, 0) is 74.0 Å². The van der Waals surface area contributed by atoms with Crippen molar-refractivity contribution in [3.8, 4) is 0 Å². The monoisotopic (exact) mass is 577 g/mol. The minimum absolute atomic E-state index is 0.0816. The molecule has 41 heavy (non-hydrogen) atoms. The third-order valence-electron chi connectivity index (χ3n) is 7.40. The molecule has 214 valence electrons. The summed E-state index contributed by atoms with van der Waals surface area (Å²) >= 11 is 6.10. The van der Waals surface area contributed by atoms with Gasteiger partial charge in [0.15, 0.2) is 0 Å². The Morgan fingerprint density at radius 3 is 2.27 bits per heavy atom. The molecule has 5 rings (SSSR count). The maximum atomic E-state index is 13.9. The number of rotatable bonds is 5. The van der Waals surface area contributed by atoms with Crippen molar-refractivity contribution in [3.05, 3.63) is 94.3 Å². The molecular formula is C31H33ClFN5O3. The first-order valence-electron chi connectivity index (χ1n) is 13.9. The second kappa shape index (κ2) is 13.1. The zero-order valence-corrected chi connectivity index (χ0v) is 23.5. The smallest absolute Gasteiger partial charge is 0.255 e. The van der Waals surface area contributed by atoms with E-state index in [2.05, 4.69) is 15.5 Å². The zero-order valence-electron chi connectivity index (χ0n) is 22.7. The van der Waals surface area contributed by atoms with Crippen LogP contribution in [0.3, 0.4) is 0 Å². The fourth-order valence-electron chi connectivity index (χ4n) is 5.27. The first-order valence-corrected chi connectivity index (χ1v) is 14.3. The van der Waals surface area contributed by atoms with Crippen molar-refractivity contribution in [2.75, 3.05) is 62.6 Å². The molecule has 2 aliphatic rings. The number of anilines is 2. The molecule has 0 unspecified atom stereocenters. The van der Waals surface area contributed by atoms with Crippen LogP contribution in [-0.2, 0) is 0 Å². The van der Waals surface area contributed by atoms with Crippen LogP contribution in [0.1, 0.15) is 43.9 Å². The first kappa shape index (κ1) is 28.6. The van der Waals surface area contributed by atoms with Gasteiger partial charge in [0.25, 0.3) is 17.7 Å². The molecule has 3 aromatic carbocycles. The fraction of sp³-hybridized carbons (Fsp3) is 0.323. The van der Waals surface area contributed by atoms with Gasteiger partial charge in [0.1, 0.15) is 5.82 Å². The second-order valence-electron chi connectivity index (χ2n) is 10.2. The minimum Gasteiger partial charge on any atom is -0.368 e. The number of carbonyl (C=O) groups is 3. The third kappa shape index (κ3) is 7.04. The average molecular weight is 578 g/mol. The SMILES string of the molecule is O=C(Nc1cc(C(=O)N2CCCNCC2)ccc1N1CCCN(C(=O)c2cccc(Cl)c2)CC1)c1cccc(F)c1. The van der Waals surface area contributed by atoms with Gasteiger partial charge in [0.05, 0.1) is 11.4 Å². The summed E-state index contributed by atoms with van der Waals surface area (Å²) in [6, 6.07) is 17.7. The Hall–Kier alpha value is -3.95. The van der Waals surface area contributed by atoms with Crippen LogP contribution in [0.4, 0.5) is 15.8 Å². The van der Waals surface area contributed by atoms with Gasteiger partial charge in [-0.3, -0.25) is 14.4 Å². The molecule has 2 N–H and O–H groups in total. The maximum absolute atomic E-state index is 13.9. The van der Waals surface area contributed by atoms with Gasteiger partial charge in [-0.2, -0.15) is 0 Å². The highest BCUT2D eigenvalue weighted by molar-refractivity contribution is 6.31. The molecule has 0 bridgehead atoms. The van der Waals surface area contributed by atoms with Crippen molar-refractivity contribution >= 4 is 40.7 Å². The van der Waals surface area contributed by atoms with E-state index in [1.54, 1.807) is 42.5 Å². The Kier molecular flexibility index (Phi) is 9.16. The number of hydrogen-bond donors (Lipinski definition) is 2. The molecule has 2 saturated heterocycles. The summed E-state index contributed by atoms with van der Waals surface area (Å²) in [6.07, 6.45) is 1.58. The van der Waals surface area contributed by atoms with Gasteiger partial charge in [-0.15, -0.1) is 0 Å². The largest absolute Gasteiger partial charge is 0.368 e. The van der Waals surface area contributed by atoms with Crippen molar-refractivity contribution in [2.45, 2.75) is 12.8 Å². The first-order chi connectivity index (χ1) is 19.9. The molecule has 0 aliphatic carbocycles. The molecule has 0 radical (unpaired) electrons. The van der Waals surface area contributed by atoms with Gasteiger partial charge in [0.2, 0.25) is 0 Å². The molecule has 2 aliphatic heterocycles. The minimum atomic E-state index is -0.506. The van der Waals surface area contributed by atoms with Crippen LogP contribution in [0, 0.1) is 5.82 Å². The molecule has 0 spiro atoms. The van der Waals surface area contributed by atoms with Crippen LogP contribution in [0.2, 0.25) is 5.02 Å². The maximum Gasteiger partial charge on any atom is 0.255 e. The lowest BCUT2D eigenvalue weighted by atomic mass is 10.1. The summed E-state index contributed by atoms with van der Waals surface area (Å²) in [6.45, 7) is 5.08. The van der Waals surface area contributed by atoms with E-state index in [-0.39, 0.29) is 17.4 Å². The predicted octanol–water partition coefficient (Wildman–Crippen LogP) is 4.52. The molecule has 2 heterocycles. The van der Waals surface area contributed by atoms with E-state index in [0.717, 1.165) is 25.2 Å². The van der Waals surface area contributed by atoms with E-state index in [1.807, 2.05) is 15.9 Å². The number of nitrogens with zero attached hydrogens (tertiary/aromatic N) is 3. The number of nitrogens with one attached hydrogen (secondary N) is 2. The van der Waals surface area contributed by atoms with Crippen molar-refractivity contribution in [1.82, 2.24) is 15.1 Å². The third-order valence-corrected chi connectivity index (χ3v) is 7.64. The molecule has 3 aromatic rings. The van der Waals surface area contributed by atoms with Crippen LogP contribution in [0.15, 0.2) is 66.7 Å². The van der Waals surface area contributed by atoms with Gasteiger partial charge in [-0.25, -0.2) is 4.39 Å². The van der Waals surface area contributed by atoms with Gasteiger partial charge in [0, 0.05) is 67.5 Å². The molecule has 3 amide bonds. The normalized spacial score (nSPS) is 16.1. The lowest BCUT2D eigenvalue weighted by Gasteiger charge is -2.27. The van der Waals surface area contributed by atoms with E-state index >= 15 is 0 Å². The molecule has 0 saturated carbocycles. The topological polar surface area (TPSA) is 85.0 Å². The van der Waals surface area contributed by atoms with Crippen LogP contribution in [0.5, 0.6) is 0 Å². The second-order valence-corrected chi connectivity index (χ2v) is 10.7. The molecule has 2 fully saturated rings. The molecular weight excluding hydrogens is 545 g/mol. The van der Waals surface area contributed by atoms with E-state index in [0.29, 0.717) is 67.5 Å². The van der Waals surface area contributed by atoms with Gasteiger partial charge >= 0.3 is 0 Å². The van der Waals surface area contributed by atoms with Crippen molar-refractivity contribution in [1.29, 1.82) is 0 Å².